The maximum Gasteiger partial charge on any atom is 0.128 e. The number of nitriles is 1. The topological polar surface area (TPSA) is 39.9 Å². The Labute approximate surface area is 107 Å². The lowest BCUT2D eigenvalue weighted by atomic mass is 10.2. The van der Waals surface area contributed by atoms with Gasteiger partial charge in [0.05, 0.1) is 11.3 Å². The summed E-state index contributed by atoms with van der Waals surface area (Å²) in [7, 11) is 2.00. The molecule has 0 bridgehead atoms. The van der Waals surface area contributed by atoms with Crippen molar-refractivity contribution < 1.29 is 0 Å². The van der Waals surface area contributed by atoms with E-state index in [2.05, 4.69) is 28.1 Å². The molecule has 0 aliphatic carbocycles. The molecular weight excluding hydrogens is 222 g/mol. The third-order valence-electron chi connectivity index (χ3n) is 2.85. The average Bonchev–Trinajstić information content (AvgIpc) is 2.39. The van der Waals surface area contributed by atoms with Gasteiger partial charge in [0.25, 0.3) is 0 Å². The first kappa shape index (κ1) is 12.1. The minimum absolute atomic E-state index is 0.631. The average molecular weight is 237 g/mol. The summed E-state index contributed by atoms with van der Waals surface area (Å²) in [6.45, 7) is 2.66. The molecule has 0 fully saturated rings. The lowest BCUT2D eigenvalue weighted by Crippen LogP contribution is -2.18. The van der Waals surface area contributed by atoms with Crippen molar-refractivity contribution in [2.75, 3.05) is 11.9 Å². The van der Waals surface area contributed by atoms with Crippen molar-refractivity contribution in [2.45, 2.75) is 13.5 Å². The zero-order valence-electron chi connectivity index (χ0n) is 10.6. The van der Waals surface area contributed by atoms with Gasteiger partial charge in [-0.15, -0.1) is 0 Å². The zero-order valence-corrected chi connectivity index (χ0v) is 10.6. The van der Waals surface area contributed by atoms with Crippen molar-refractivity contribution in [3.8, 4) is 6.07 Å². The van der Waals surface area contributed by atoms with E-state index in [9.17, 15) is 0 Å². The van der Waals surface area contributed by atoms with Crippen LogP contribution >= 0.6 is 0 Å². The molecule has 3 nitrogen and oxygen atoms in total. The molecular formula is C15H15N3. The number of pyridine rings is 1. The summed E-state index contributed by atoms with van der Waals surface area (Å²) in [4.78, 5) is 6.52. The lowest BCUT2D eigenvalue weighted by molar-refractivity contribution is 0.891. The van der Waals surface area contributed by atoms with E-state index in [0.29, 0.717) is 5.56 Å². The number of aryl methyl sites for hydroxylation is 1. The molecule has 0 unspecified atom stereocenters. The highest BCUT2D eigenvalue weighted by Gasteiger charge is 2.06. The van der Waals surface area contributed by atoms with Crippen LogP contribution in [-0.4, -0.2) is 12.0 Å². The molecule has 0 saturated carbocycles. The van der Waals surface area contributed by atoms with Crippen LogP contribution in [0.5, 0.6) is 0 Å². The van der Waals surface area contributed by atoms with E-state index < -0.39 is 0 Å². The van der Waals surface area contributed by atoms with E-state index in [4.69, 9.17) is 5.26 Å². The summed E-state index contributed by atoms with van der Waals surface area (Å²) in [5.41, 5.74) is 2.64. The summed E-state index contributed by atoms with van der Waals surface area (Å²) in [5.74, 6) is 0.885. The fraction of sp³-hybridized carbons (Fsp3) is 0.200. The van der Waals surface area contributed by atoms with Gasteiger partial charge in [-0.2, -0.15) is 5.26 Å². The molecule has 0 atom stereocenters. The predicted octanol–water partition coefficient (Wildman–Crippen LogP) is 2.90. The third kappa shape index (κ3) is 2.67. The Morgan fingerprint density at radius 1 is 1.17 bits per heavy atom. The van der Waals surface area contributed by atoms with Gasteiger partial charge < -0.3 is 4.90 Å². The third-order valence-corrected chi connectivity index (χ3v) is 2.85. The summed E-state index contributed by atoms with van der Waals surface area (Å²) in [6, 6.07) is 16.1. The standard InChI is InChI=1S/C15H15N3/c1-12-14(10-16)8-9-15(17-12)18(2)11-13-6-4-3-5-7-13/h3-9H,11H2,1-2H3. The molecule has 1 aromatic carbocycles. The van der Waals surface area contributed by atoms with Crippen molar-refractivity contribution in [3.63, 3.8) is 0 Å². The van der Waals surface area contributed by atoms with Crippen LogP contribution in [0.1, 0.15) is 16.8 Å². The van der Waals surface area contributed by atoms with Crippen molar-refractivity contribution >= 4 is 5.82 Å². The Bertz CT molecular complexity index is 570. The molecule has 0 radical (unpaired) electrons. The second-order valence-electron chi connectivity index (χ2n) is 4.26. The maximum atomic E-state index is 8.88. The second-order valence-corrected chi connectivity index (χ2v) is 4.26. The van der Waals surface area contributed by atoms with Crippen LogP contribution in [0.15, 0.2) is 42.5 Å². The molecule has 2 rings (SSSR count). The van der Waals surface area contributed by atoms with Crippen LogP contribution in [0.3, 0.4) is 0 Å². The monoisotopic (exact) mass is 237 g/mol. The van der Waals surface area contributed by atoms with Gasteiger partial charge in [0.1, 0.15) is 11.9 Å². The van der Waals surface area contributed by atoms with Gasteiger partial charge in [0, 0.05) is 13.6 Å². The quantitative estimate of drug-likeness (QED) is 0.824. The summed E-state index contributed by atoms with van der Waals surface area (Å²) >= 11 is 0. The molecule has 0 saturated heterocycles. The molecule has 0 spiro atoms. The largest absolute Gasteiger partial charge is 0.355 e. The number of nitrogens with zero attached hydrogens (tertiary/aromatic N) is 3. The molecule has 1 aromatic heterocycles. The second kappa shape index (κ2) is 5.33. The number of hydrogen-bond donors (Lipinski definition) is 0. The Kier molecular flexibility index (Phi) is 3.59. The van der Waals surface area contributed by atoms with Crippen molar-refractivity contribution in [3.05, 3.63) is 59.3 Å². The van der Waals surface area contributed by atoms with Gasteiger partial charge in [-0.25, -0.2) is 4.98 Å². The Balaban J connectivity index is 2.17. The van der Waals surface area contributed by atoms with Crippen LogP contribution in [0.4, 0.5) is 5.82 Å². The number of anilines is 1. The van der Waals surface area contributed by atoms with Crippen LogP contribution in [-0.2, 0) is 6.54 Å². The van der Waals surface area contributed by atoms with E-state index in [-0.39, 0.29) is 0 Å². The van der Waals surface area contributed by atoms with Crippen LogP contribution in [0, 0.1) is 18.3 Å². The fourth-order valence-electron chi connectivity index (χ4n) is 1.82. The molecule has 0 N–H and O–H groups in total. The molecule has 0 aliphatic rings. The summed E-state index contributed by atoms with van der Waals surface area (Å²) < 4.78 is 0. The zero-order chi connectivity index (χ0) is 13.0. The van der Waals surface area contributed by atoms with Gasteiger partial charge in [-0.1, -0.05) is 30.3 Å². The molecule has 3 heteroatoms. The summed E-state index contributed by atoms with van der Waals surface area (Å²) in [5, 5.41) is 8.88. The first-order valence-electron chi connectivity index (χ1n) is 5.83. The SMILES string of the molecule is Cc1nc(N(C)Cc2ccccc2)ccc1C#N. The summed E-state index contributed by atoms with van der Waals surface area (Å²) in [6.07, 6.45) is 0. The Morgan fingerprint density at radius 3 is 2.50 bits per heavy atom. The molecule has 0 aliphatic heterocycles. The number of rotatable bonds is 3. The van der Waals surface area contributed by atoms with Crippen LogP contribution in [0.25, 0.3) is 0 Å². The minimum atomic E-state index is 0.631. The van der Waals surface area contributed by atoms with Gasteiger partial charge in [-0.3, -0.25) is 0 Å². The van der Waals surface area contributed by atoms with E-state index in [1.807, 2.05) is 44.3 Å². The van der Waals surface area contributed by atoms with Gasteiger partial charge in [0.2, 0.25) is 0 Å². The van der Waals surface area contributed by atoms with Gasteiger partial charge in [0.15, 0.2) is 0 Å². The highest BCUT2D eigenvalue weighted by Crippen LogP contribution is 2.15. The highest BCUT2D eigenvalue weighted by molar-refractivity contribution is 5.45. The number of benzene rings is 1. The maximum absolute atomic E-state index is 8.88. The fourth-order valence-corrected chi connectivity index (χ4v) is 1.82. The van der Waals surface area contributed by atoms with E-state index >= 15 is 0 Å². The first-order chi connectivity index (χ1) is 8.70. The predicted molar refractivity (Wildman–Crippen MR) is 72.2 cm³/mol. The van der Waals surface area contributed by atoms with E-state index in [1.165, 1.54) is 5.56 Å². The van der Waals surface area contributed by atoms with Crippen LogP contribution < -0.4 is 4.90 Å². The highest BCUT2D eigenvalue weighted by atomic mass is 15.2. The first-order valence-corrected chi connectivity index (χ1v) is 5.83. The number of hydrogen-bond acceptors (Lipinski definition) is 3. The number of aromatic nitrogens is 1. The van der Waals surface area contributed by atoms with Crippen molar-refractivity contribution in [1.82, 2.24) is 4.98 Å². The molecule has 18 heavy (non-hydrogen) atoms. The Morgan fingerprint density at radius 2 is 1.89 bits per heavy atom. The van der Waals surface area contributed by atoms with E-state index in [0.717, 1.165) is 18.1 Å². The van der Waals surface area contributed by atoms with E-state index in [1.54, 1.807) is 0 Å². The smallest absolute Gasteiger partial charge is 0.128 e. The lowest BCUT2D eigenvalue weighted by Gasteiger charge is -2.18. The minimum Gasteiger partial charge on any atom is -0.355 e. The van der Waals surface area contributed by atoms with Crippen molar-refractivity contribution in [2.24, 2.45) is 0 Å². The van der Waals surface area contributed by atoms with Gasteiger partial charge >= 0.3 is 0 Å². The van der Waals surface area contributed by atoms with Crippen molar-refractivity contribution in [1.29, 1.82) is 5.26 Å². The molecule has 2 aromatic rings. The molecule has 0 amide bonds. The molecule has 1 heterocycles. The molecule has 90 valence electrons. The Hall–Kier alpha value is -2.34. The van der Waals surface area contributed by atoms with Crippen LogP contribution in [0.2, 0.25) is 0 Å². The van der Waals surface area contributed by atoms with Gasteiger partial charge in [-0.05, 0) is 24.6 Å². The normalized spacial score (nSPS) is 9.83.